The first-order valence-corrected chi connectivity index (χ1v) is 4.67. The van der Waals surface area contributed by atoms with Gasteiger partial charge in [-0.05, 0) is 13.8 Å². The van der Waals surface area contributed by atoms with Crippen molar-refractivity contribution < 1.29 is 14.3 Å². The highest BCUT2D eigenvalue weighted by molar-refractivity contribution is 6.02. The lowest BCUT2D eigenvalue weighted by Gasteiger charge is -2.19. The summed E-state index contributed by atoms with van der Waals surface area (Å²) in [5, 5.41) is 0. The fraction of sp³-hybridized carbons (Fsp3) is 0.778. The number of methoxy groups -OCH3 is 1. The van der Waals surface area contributed by atoms with E-state index in [2.05, 4.69) is 0 Å². The molecule has 0 unspecified atom stereocenters. The largest absolute Gasteiger partial charge is 0.383 e. The van der Waals surface area contributed by atoms with Gasteiger partial charge in [-0.1, -0.05) is 0 Å². The molecule has 0 bridgehead atoms. The van der Waals surface area contributed by atoms with Crippen LogP contribution in [0.1, 0.15) is 13.8 Å². The second-order valence-corrected chi connectivity index (χ2v) is 3.54. The van der Waals surface area contributed by atoms with E-state index in [0.717, 1.165) is 0 Å². The topological polar surface area (TPSA) is 49.9 Å². The summed E-state index contributed by atoms with van der Waals surface area (Å²) in [6.45, 7) is 4.72. The van der Waals surface area contributed by atoms with Gasteiger partial charge in [0.25, 0.3) is 0 Å². The number of amides is 3. The Morgan fingerprint density at radius 1 is 1.43 bits per heavy atom. The molecule has 0 spiro atoms. The van der Waals surface area contributed by atoms with Crippen LogP contribution in [0.4, 0.5) is 4.79 Å². The first-order chi connectivity index (χ1) is 6.57. The molecule has 0 radical (unpaired) electrons. The number of carbonyl (C=O) groups excluding carboxylic acids is 2. The zero-order valence-corrected chi connectivity index (χ0v) is 8.82. The third kappa shape index (κ3) is 2.04. The average molecular weight is 200 g/mol. The van der Waals surface area contributed by atoms with E-state index >= 15 is 0 Å². The molecule has 5 nitrogen and oxygen atoms in total. The lowest BCUT2D eigenvalue weighted by molar-refractivity contribution is -0.125. The van der Waals surface area contributed by atoms with Gasteiger partial charge in [0.1, 0.15) is 6.54 Å². The Morgan fingerprint density at radius 3 is 2.50 bits per heavy atom. The summed E-state index contributed by atoms with van der Waals surface area (Å²) < 4.78 is 4.83. The van der Waals surface area contributed by atoms with Crippen molar-refractivity contribution in [1.82, 2.24) is 9.80 Å². The Bertz CT molecular complexity index is 240. The highest BCUT2D eigenvalue weighted by Gasteiger charge is 2.36. The normalized spacial score (nSPS) is 17.4. The van der Waals surface area contributed by atoms with Gasteiger partial charge < -0.3 is 9.64 Å². The summed E-state index contributed by atoms with van der Waals surface area (Å²) in [4.78, 5) is 25.8. The minimum atomic E-state index is -0.206. The van der Waals surface area contributed by atoms with E-state index < -0.39 is 0 Å². The number of hydrogen-bond acceptors (Lipinski definition) is 3. The molecular weight excluding hydrogens is 184 g/mol. The molecule has 0 N–H and O–H groups in total. The molecule has 1 fully saturated rings. The van der Waals surface area contributed by atoms with Gasteiger partial charge in [0, 0.05) is 13.2 Å². The first kappa shape index (κ1) is 11.0. The van der Waals surface area contributed by atoms with Crippen molar-refractivity contribution in [3.05, 3.63) is 0 Å². The van der Waals surface area contributed by atoms with Crippen LogP contribution in [0.3, 0.4) is 0 Å². The molecule has 5 heteroatoms. The van der Waals surface area contributed by atoms with Crippen molar-refractivity contribution in [1.29, 1.82) is 0 Å². The second-order valence-electron chi connectivity index (χ2n) is 3.54. The summed E-state index contributed by atoms with van der Waals surface area (Å²) in [6, 6.07) is -0.138. The third-order valence-electron chi connectivity index (χ3n) is 2.23. The fourth-order valence-electron chi connectivity index (χ4n) is 1.37. The molecule has 0 saturated carbocycles. The smallest absolute Gasteiger partial charge is 0.327 e. The van der Waals surface area contributed by atoms with Gasteiger partial charge in [-0.15, -0.1) is 0 Å². The molecule has 1 heterocycles. The number of imide groups is 1. The lowest BCUT2D eigenvalue weighted by Crippen LogP contribution is -2.37. The van der Waals surface area contributed by atoms with E-state index in [1.54, 1.807) is 12.0 Å². The zero-order valence-electron chi connectivity index (χ0n) is 8.82. The minimum absolute atomic E-state index is 0.0685. The molecule has 0 aromatic heterocycles. The third-order valence-corrected chi connectivity index (χ3v) is 2.23. The molecule has 1 rings (SSSR count). The van der Waals surface area contributed by atoms with Crippen LogP contribution >= 0.6 is 0 Å². The maximum absolute atomic E-state index is 11.6. The molecule has 1 aliphatic rings. The van der Waals surface area contributed by atoms with Crippen LogP contribution in [-0.4, -0.2) is 54.6 Å². The summed E-state index contributed by atoms with van der Waals surface area (Å²) in [5.74, 6) is -0.138. The van der Waals surface area contributed by atoms with Crippen molar-refractivity contribution >= 4 is 11.9 Å². The van der Waals surface area contributed by atoms with Gasteiger partial charge in [-0.3, -0.25) is 9.69 Å². The fourth-order valence-corrected chi connectivity index (χ4v) is 1.37. The van der Waals surface area contributed by atoms with Gasteiger partial charge in [-0.25, -0.2) is 4.79 Å². The van der Waals surface area contributed by atoms with Crippen molar-refractivity contribution in [2.75, 3.05) is 26.8 Å². The van der Waals surface area contributed by atoms with Crippen LogP contribution in [0.25, 0.3) is 0 Å². The molecule has 3 amide bonds. The molecule has 1 aliphatic heterocycles. The number of hydrogen-bond donors (Lipinski definition) is 0. The van der Waals surface area contributed by atoms with Gasteiger partial charge >= 0.3 is 6.03 Å². The number of urea groups is 1. The molecule has 0 atom stereocenters. The van der Waals surface area contributed by atoms with Crippen LogP contribution in [0.2, 0.25) is 0 Å². The highest BCUT2D eigenvalue weighted by Crippen LogP contribution is 2.12. The van der Waals surface area contributed by atoms with Crippen LogP contribution in [0, 0.1) is 0 Å². The quantitative estimate of drug-likeness (QED) is 0.613. The monoisotopic (exact) mass is 200 g/mol. The van der Waals surface area contributed by atoms with E-state index in [0.29, 0.717) is 13.2 Å². The van der Waals surface area contributed by atoms with Crippen LogP contribution in [0.15, 0.2) is 0 Å². The van der Waals surface area contributed by atoms with Crippen molar-refractivity contribution in [3.8, 4) is 0 Å². The Labute approximate surface area is 83.6 Å². The lowest BCUT2D eigenvalue weighted by atomic mass is 10.3. The summed E-state index contributed by atoms with van der Waals surface area (Å²) in [6.07, 6.45) is 0. The number of nitrogens with zero attached hydrogens (tertiary/aromatic N) is 2. The summed E-state index contributed by atoms with van der Waals surface area (Å²) in [7, 11) is 1.55. The van der Waals surface area contributed by atoms with E-state index in [1.165, 1.54) is 4.90 Å². The Balaban J connectivity index is 2.61. The van der Waals surface area contributed by atoms with Gasteiger partial charge in [0.2, 0.25) is 5.91 Å². The molecule has 0 aromatic rings. The van der Waals surface area contributed by atoms with Crippen molar-refractivity contribution in [3.63, 3.8) is 0 Å². The van der Waals surface area contributed by atoms with Crippen LogP contribution in [0.5, 0.6) is 0 Å². The maximum atomic E-state index is 11.6. The van der Waals surface area contributed by atoms with Crippen molar-refractivity contribution in [2.24, 2.45) is 0 Å². The molecule has 0 aromatic carbocycles. The van der Waals surface area contributed by atoms with Crippen LogP contribution < -0.4 is 0 Å². The molecule has 14 heavy (non-hydrogen) atoms. The van der Waals surface area contributed by atoms with E-state index in [4.69, 9.17) is 4.74 Å². The Hall–Kier alpha value is -1.10. The number of carbonyl (C=O) groups is 2. The maximum Gasteiger partial charge on any atom is 0.327 e. The predicted octanol–water partition coefficient (Wildman–Crippen LogP) is 0.305. The molecule has 80 valence electrons. The second kappa shape index (κ2) is 4.41. The first-order valence-electron chi connectivity index (χ1n) is 4.67. The average Bonchev–Trinajstić information content (AvgIpc) is 2.40. The summed E-state index contributed by atoms with van der Waals surface area (Å²) >= 11 is 0. The molecular formula is C9H16N2O3. The van der Waals surface area contributed by atoms with Crippen LogP contribution in [-0.2, 0) is 9.53 Å². The summed E-state index contributed by atoms with van der Waals surface area (Å²) in [5.41, 5.74) is 0. The Morgan fingerprint density at radius 2 is 2.07 bits per heavy atom. The van der Waals surface area contributed by atoms with E-state index in [9.17, 15) is 9.59 Å². The zero-order chi connectivity index (χ0) is 10.7. The van der Waals surface area contributed by atoms with Crippen molar-refractivity contribution in [2.45, 2.75) is 19.9 Å². The SMILES string of the molecule is COCCN1C(=O)CN(C(C)C)C1=O. The minimum Gasteiger partial charge on any atom is -0.383 e. The molecule has 1 saturated heterocycles. The van der Waals surface area contributed by atoms with E-state index in [-0.39, 0.29) is 24.5 Å². The van der Waals surface area contributed by atoms with Gasteiger partial charge in [0.15, 0.2) is 0 Å². The van der Waals surface area contributed by atoms with E-state index in [1.807, 2.05) is 13.8 Å². The Kier molecular flexibility index (Phi) is 3.46. The number of rotatable bonds is 4. The standard InChI is InChI=1S/C9H16N2O3/c1-7(2)11-6-8(12)10(9(11)13)4-5-14-3/h7H,4-6H2,1-3H3. The predicted molar refractivity (Wildman–Crippen MR) is 50.8 cm³/mol. The highest BCUT2D eigenvalue weighted by atomic mass is 16.5. The number of ether oxygens (including phenoxy) is 1. The van der Waals surface area contributed by atoms with Gasteiger partial charge in [0.05, 0.1) is 13.2 Å². The van der Waals surface area contributed by atoms with Gasteiger partial charge in [-0.2, -0.15) is 0 Å². The molecule has 0 aliphatic carbocycles.